The van der Waals surface area contributed by atoms with Crippen LogP contribution in [0.1, 0.15) is 19.3 Å². The standard InChI is InChI=1S/C13H19BrN2O2/c14-11-4-1-5-12(10-11)18-9-2-6-13(17)16-8-3-7-15/h1,4-5,10H,2-3,6-9,15H2,(H,16,17). The van der Waals surface area contributed by atoms with E-state index in [-0.39, 0.29) is 5.91 Å². The fourth-order valence-corrected chi connectivity index (χ4v) is 1.78. The van der Waals surface area contributed by atoms with Crippen LogP contribution < -0.4 is 15.8 Å². The Kier molecular flexibility index (Phi) is 7.44. The zero-order valence-corrected chi connectivity index (χ0v) is 11.9. The second-order valence-electron chi connectivity index (χ2n) is 3.90. The van der Waals surface area contributed by atoms with Crippen LogP contribution in [0.25, 0.3) is 0 Å². The van der Waals surface area contributed by atoms with Gasteiger partial charge in [0.25, 0.3) is 0 Å². The van der Waals surface area contributed by atoms with Crippen LogP contribution in [0.2, 0.25) is 0 Å². The van der Waals surface area contributed by atoms with Crippen molar-refractivity contribution in [2.45, 2.75) is 19.3 Å². The monoisotopic (exact) mass is 314 g/mol. The van der Waals surface area contributed by atoms with Crippen molar-refractivity contribution in [3.05, 3.63) is 28.7 Å². The highest BCUT2D eigenvalue weighted by atomic mass is 79.9. The van der Waals surface area contributed by atoms with Gasteiger partial charge in [-0.15, -0.1) is 0 Å². The third-order valence-electron chi connectivity index (χ3n) is 2.32. The van der Waals surface area contributed by atoms with Crippen molar-refractivity contribution in [2.24, 2.45) is 5.73 Å². The molecule has 0 radical (unpaired) electrons. The van der Waals surface area contributed by atoms with Crippen molar-refractivity contribution in [3.63, 3.8) is 0 Å². The second-order valence-corrected chi connectivity index (χ2v) is 4.82. The first-order valence-corrected chi connectivity index (χ1v) is 6.87. The average molecular weight is 315 g/mol. The fraction of sp³-hybridized carbons (Fsp3) is 0.462. The minimum atomic E-state index is 0.0568. The molecule has 1 aromatic rings. The van der Waals surface area contributed by atoms with Gasteiger partial charge < -0.3 is 15.8 Å². The second kappa shape index (κ2) is 8.94. The highest BCUT2D eigenvalue weighted by molar-refractivity contribution is 9.10. The number of rotatable bonds is 8. The minimum Gasteiger partial charge on any atom is -0.494 e. The van der Waals surface area contributed by atoms with Gasteiger partial charge in [-0.25, -0.2) is 0 Å². The molecule has 0 aromatic heterocycles. The van der Waals surface area contributed by atoms with Crippen molar-refractivity contribution in [2.75, 3.05) is 19.7 Å². The lowest BCUT2D eigenvalue weighted by Gasteiger charge is -2.07. The van der Waals surface area contributed by atoms with Crippen molar-refractivity contribution in [1.82, 2.24) is 5.32 Å². The van der Waals surface area contributed by atoms with Crippen LogP contribution in [-0.4, -0.2) is 25.6 Å². The molecule has 18 heavy (non-hydrogen) atoms. The molecule has 5 heteroatoms. The highest BCUT2D eigenvalue weighted by Gasteiger charge is 2.00. The molecule has 0 unspecified atom stereocenters. The molecule has 1 amide bonds. The number of ether oxygens (including phenoxy) is 1. The number of amides is 1. The molecule has 0 fully saturated rings. The third-order valence-corrected chi connectivity index (χ3v) is 2.81. The zero-order valence-electron chi connectivity index (χ0n) is 10.3. The van der Waals surface area contributed by atoms with E-state index in [0.29, 0.717) is 32.5 Å². The van der Waals surface area contributed by atoms with Crippen LogP contribution >= 0.6 is 15.9 Å². The Labute approximate surface area is 116 Å². The lowest BCUT2D eigenvalue weighted by Crippen LogP contribution is -2.26. The molecule has 0 aliphatic rings. The van der Waals surface area contributed by atoms with Gasteiger partial charge in [-0.05, 0) is 37.6 Å². The summed E-state index contributed by atoms with van der Waals surface area (Å²) >= 11 is 3.38. The maximum absolute atomic E-state index is 11.4. The van der Waals surface area contributed by atoms with Gasteiger partial charge in [-0.3, -0.25) is 4.79 Å². The van der Waals surface area contributed by atoms with E-state index in [1.54, 1.807) is 0 Å². The molecule has 1 rings (SSSR count). The first-order valence-electron chi connectivity index (χ1n) is 6.07. The number of carbonyl (C=O) groups excluding carboxylic acids is 1. The van der Waals surface area contributed by atoms with E-state index in [1.807, 2.05) is 24.3 Å². The van der Waals surface area contributed by atoms with Crippen LogP contribution in [0, 0.1) is 0 Å². The molecule has 0 bridgehead atoms. The molecule has 3 N–H and O–H groups in total. The summed E-state index contributed by atoms with van der Waals surface area (Å²) in [7, 11) is 0. The van der Waals surface area contributed by atoms with E-state index in [2.05, 4.69) is 21.2 Å². The highest BCUT2D eigenvalue weighted by Crippen LogP contribution is 2.17. The van der Waals surface area contributed by atoms with E-state index in [9.17, 15) is 4.79 Å². The average Bonchev–Trinajstić information content (AvgIpc) is 2.35. The van der Waals surface area contributed by atoms with Gasteiger partial charge in [0, 0.05) is 17.4 Å². The third kappa shape index (κ3) is 6.61. The van der Waals surface area contributed by atoms with Gasteiger partial charge in [-0.2, -0.15) is 0 Å². The van der Waals surface area contributed by atoms with E-state index in [1.165, 1.54) is 0 Å². The molecule has 0 aliphatic carbocycles. The number of halogens is 1. The molecule has 0 saturated carbocycles. The van der Waals surface area contributed by atoms with Gasteiger partial charge in [0.2, 0.25) is 5.91 Å². The van der Waals surface area contributed by atoms with Gasteiger partial charge in [0.15, 0.2) is 0 Å². The Balaban J connectivity index is 2.09. The Morgan fingerprint density at radius 3 is 2.94 bits per heavy atom. The molecular weight excluding hydrogens is 296 g/mol. The van der Waals surface area contributed by atoms with Crippen molar-refractivity contribution >= 4 is 21.8 Å². The lowest BCUT2D eigenvalue weighted by atomic mass is 10.3. The molecule has 0 aliphatic heterocycles. The number of nitrogens with one attached hydrogen (secondary N) is 1. The predicted molar refractivity (Wildman–Crippen MR) is 75.6 cm³/mol. The summed E-state index contributed by atoms with van der Waals surface area (Å²) in [4.78, 5) is 11.4. The summed E-state index contributed by atoms with van der Waals surface area (Å²) in [6, 6.07) is 7.66. The van der Waals surface area contributed by atoms with Gasteiger partial charge in [0.1, 0.15) is 5.75 Å². The zero-order chi connectivity index (χ0) is 13.2. The molecule has 100 valence electrons. The van der Waals surface area contributed by atoms with E-state index in [0.717, 1.165) is 16.6 Å². The van der Waals surface area contributed by atoms with Gasteiger partial charge in [-0.1, -0.05) is 22.0 Å². The minimum absolute atomic E-state index is 0.0568. The van der Waals surface area contributed by atoms with Gasteiger partial charge in [0.05, 0.1) is 6.61 Å². The van der Waals surface area contributed by atoms with Crippen molar-refractivity contribution in [3.8, 4) is 5.75 Å². The molecule has 0 saturated heterocycles. The largest absolute Gasteiger partial charge is 0.494 e. The van der Waals surface area contributed by atoms with Crippen LogP contribution in [-0.2, 0) is 4.79 Å². The summed E-state index contributed by atoms with van der Waals surface area (Å²) in [5, 5.41) is 2.81. The van der Waals surface area contributed by atoms with E-state index >= 15 is 0 Å². The smallest absolute Gasteiger partial charge is 0.220 e. The molecule has 1 aromatic carbocycles. The summed E-state index contributed by atoms with van der Waals surface area (Å²) in [6.45, 7) is 1.80. The fourth-order valence-electron chi connectivity index (χ4n) is 1.40. The predicted octanol–water partition coefficient (Wildman–Crippen LogP) is 2.07. The molecule has 0 atom stereocenters. The lowest BCUT2D eigenvalue weighted by molar-refractivity contribution is -0.121. The van der Waals surface area contributed by atoms with Crippen molar-refractivity contribution in [1.29, 1.82) is 0 Å². The molecule has 0 heterocycles. The van der Waals surface area contributed by atoms with Crippen LogP contribution in [0.4, 0.5) is 0 Å². The van der Waals surface area contributed by atoms with Crippen LogP contribution in [0.3, 0.4) is 0 Å². The maximum atomic E-state index is 11.4. The number of hydrogen-bond acceptors (Lipinski definition) is 3. The molecule has 0 spiro atoms. The Morgan fingerprint density at radius 2 is 2.22 bits per heavy atom. The quantitative estimate of drug-likeness (QED) is 0.722. The first kappa shape index (κ1) is 15.0. The summed E-state index contributed by atoms with van der Waals surface area (Å²) in [6.07, 6.45) is 2.01. The van der Waals surface area contributed by atoms with Crippen LogP contribution in [0.15, 0.2) is 28.7 Å². The topological polar surface area (TPSA) is 64.3 Å². The molecular formula is C13H19BrN2O2. The number of benzene rings is 1. The van der Waals surface area contributed by atoms with Gasteiger partial charge >= 0.3 is 0 Å². The summed E-state index contributed by atoms with van der Waals surface area (Å²) < 4.78 is 6.52. The Hall–Kier alpha value is -1.07. The van der Waals surface area contributed by atoms with Crippen LogP contribution in [0.5, 0.6) is 5.75 Å². The number of nitrogens with two attached hydrogens (primary N) is 1. The maximum Gasteiger partial charge on any atom is 0.220 e. The first-order chi connectivity index (χ1) is 8.72. The number of hydrogen-bond donors (Lipinski definition) is 2. The Morgan fingerprint density at radius 1 is 1.39 bits per heavy atom. The number of carbonyl (C=O) groups is 1. The Bertz CT molecular complexity index is 372. The SMILES string of the molecule is NCCCNC(=O)CCCOc1cccc(Br)c1. The normalized spacial score (nSPS) is 10.1. The van der Waals surface area contributed by atoms with E-state index in [4.69, 9.17) is 10.5 Å². The molecule has 4 nitrogen and oxygen atoms in total. The summed E-state index contributed by atoms with van der Waals surface area (Å²) in [5.41, 5.74) is 5.34. The summed E-state index contributed by atoms with van der Waals surface area (Å²) in [5.74, 6) is 0.870. The van der Waals surface area contributed by atoms with E-state index < -0.39 is 0 Å². The van der Waals surface area contributed by atoms with Crippen molar-refractivity contribution < 1.29 is 9.53 Å².